The van der Waals surface area contributed by atoms with Crippen LogP contribution in [0, 0.1) is 0 Å². The number of aliphatic carboxylic acids is 1. The first-order chi connectivity index (χ1) is 8.08. The summed E-state index contributed by atoms with van der Waals surface area (Å²) in [6, 6.07) is 5.11. The van der Waals surface area contributed by atoms with Gasteiger partial charge in [-0.25, -0.2) is 0 Å². The fraction of sp³-hybridized carbons (Fsp3) is 0.364. The molecule has 0 radical (unpaired) electrons. The van der Waals surface area contributed by atoms with E-state index < -0.39 is 11.2 Å². The lowest BCUT2D eigenvalue weighted by molar-refractivity contribution is -0.137. The summed E-state index contributed by atoms with van der Waals surface area (Å²) < 4.78 is 10.0. The van der Waals surface area contributed by atoms with E-state index >= 15 is 0 Å². The van der Waals surface area contributed by atoms with Gasteiger partial charge in [0.1, 0.15) is 11.0 Å². The number of hydrogen-bond acceptors (Lipinski definition) is 5. The SMILES string of the molecule is COCC(Sc1ccc(N)cc1OC)C(=O)O. The number of thioether (sulfide) groups is 1. The molecule has 0 bridgehead atoms. The third-order valence-corrected chi connectivity index (χ3v) is 3.26. The Bertz CT molecular complexity index is 397. The number of carboxylic acids is 1. The summed E-state index contributed by atoms with van der Waals surface area (Å²) in [4.78, 5) is 11.7. The van der Waals surface area contributed by atoms with Crippen molar-refractivity contribution in [1.29, 1.82) is 0 Å². The van der Waals surface area contributed by atoms with Crippen LogP contribution < -0.4 is 10.5 Å². The molecule has 6 heteroatoms. The van der Waals surface area contributed by atoms with E-state index in [4.69, 9.17) is 20.3 Å². The lowest BCUT2D eigenvalue weighted by atomic mass is 10.3. The fourth-order valence-corrected chi connectivity index (χ4v) is 2.26. The summed E-state index contributed by atoms with van der Waals surface area (Å²) in [6.07, 6.45) is 0. The van der Waals surface area contributed by atoms with Gasteiger partial charge in [-0.1, -0.05) is 0 Å². The summed E-state index contributed by atoms with van der Waals surface area (Å²) in [5.74, 6) is -0.354. The van der Waals surface area contributed by atoms with Gasteiger partial charge < -0.3 is 20.3 Å². The highest BCUT2D eigenvalue weighted by molar-refractivity contribution is 8.00. The summed E-state index contributed by atoms with van der Waals surface area (Å²) >= 11 is 1.18. The normalized spacial score (nSPS) is 12.1. The molecule has 3 N–H and O–H groups in total. The molecule has 0 aliphatic rings. The zero-order valence-corrected chi connectivity index (χ0v) is 10.5. The third-order valence-electron chi connectivity index (χ3n) is 2.05. The molecule has 0 saturated heterocycles. The molecule has 94 valence electrons. The zero-order chi connectivity index (χ0) is 12.8. The predicted octanol–water partition coefficient (Wildman–Crippen LogP) is 1.47. The number of nitrogen functional groups attached to an aromatic ring is 1. The molecular formula is C11H15NO4S. The van der Waals surface area contributed by atoms with E-state index in [0.29, 0.717) is 11.4 Å². The minimum absolute atomic E-state index is 0.132. The Kier molecular flexibility index (Phi) is 5.11. The summed E-state index contributed by atoms with van der Waals surface area (Å²) in [5, 5.41) is 8.35. The molecule has 1 atom stereocenters. The highest BCUT2D eigenvalue weighted by Gasteiger charge is 2.20. The Labute approximate surface area is 104 Å². The third kappa shape index (κ3) is 3.83. The van der Waals surface area contributed by atoms with E-state index in [9.17, 15) is 4.79 Å². The number of rotatable bonds is 6. The van der Waals surface area contributed by atoms with Crippen molar-refractivity contribution in [2.45, 2.75) is 10.1 Å². The van der Waals surface area contributed by atoms with Gasteiger partial charge in [0.25, 0.3) is 0 Å². The van der Waals surface area contributed by atoms with Crippen LogP contribution >= 0.6 is 11.8 Å². The van der Waals surface area contributed by atoms with Crippen LogP contribution in [0.25, 0.3) is 0 Å². The maximum absolute atomic E-state index is 11.0. The molecule has 1 aromatic rings. The molecule has 0 aliphatic carbocycles. The lowest BCUT2D eigenvalue weighted by Crippen LogP contribution is -2.21. The van der Waals surface area contributed by atoms with Gasteiger partial charge in [0, 0.05) is 18.9 Å². The van der Waals surface area contributed by atoms with Gasteiger partial charge in [0.05, 0.1) is 18.6 Å². The van der Waals surface area contributed by atoms with Gasteiger partial charge in [-0.3, -0.25) is 4.79 Å². The number of nitrogens with two attached hydrogens (primary N) is 1. The quantitative estimate of drug-likeness (QED) is 0.593. The Morgan fingerprint density at radius 2 is 2.24 bits per heavy atom. The first-order valence-electron chi connectivity index (χ1n) is 4.90. The molecule has 0 amide bonds. The summed E-state index contributed by atoms with van der Waals surface area (Å²) in [5.41, 5.74) is 6.20. The number of hydrogen-bond donors (Lipinski definition) is 2. The molecule has 1 unspecified atom stereocenters. The number of ether oxygens (including phenoxy) is 2. The van der Waals surface area contributed by atoms with Crippen LogP contribution in [-0.2, 0) is 9.53 Å². The van der Waals surface area contributed by atoms with Crippen LogP contribution in [0.5, 0.6) is 5.75 Å². The molecule has 0 aliphatic heterocycles. The van der Waals surface area contributed by atoms with Gasteiger partial charge in [-0.15, -0.1) is 11.8 Å². The smallest absolute Gasteiger partial charge is 0.319 e. The fourth-order valence-electron chi connectivity index (χ4n) is 1.24. The first-order valence-corrected chi connectivity index (χ1v) is 5.78. The van der Waals surface area contributed by atoms with Crippen molar-refractivity contribution in [2.24, 2.45) is 0 Å². The van der Waals surface area contributed by atoms with Crippen LogP contribution in [-0.4, -0.2) is 37.2 Å². The average molecular weight is 257 g/mol. The van der Waals surface area contributed by atoms with Crippen molar-refractivity contribution >= 4 is 23.4 Å². The van der Waals surface area contributed by atoms with Crippen LogP contribution in [0.2, 0.25) is 0 Å². The monoisotopic (exact) mass is 257 g/mol. The van der Waals surface area contributed by atoms with Gasteiger partial charge in [-0.05, 0) is 12.1 Å². The second-order valence-corrected chi connectivity index (χ2v) is 4.55. The van der Waals surface area contributed by atoms with E-state index in [-0.39, 0.29) is 6.61 Å². The Hall–Kier alpha value is -1.40. The number of carboxylic acid groups (broad SMARTS) is 1. The summed E-state index contributed by atoms with van der Waals surface area (Å²) in [6.45, 7) is 0.132. The maximum Gasteiger partial charge on any atom is 0.319 e. The highest BCUT2D eigenvalue weighted by atomic mass is 32.2. The van der Waals surface area contributed by atoms with Gasteiger partial charge in [0.2, 0.25) is 0 Å². The van der Waals surface area contributed by atoms with Crippen molar-refractivity contribution in [2.75, 3.05) is 26.6 Å². The summed E-state index contributed by atoms with van der Waals surface area (Å²) in [7, 11) is 2.99. The topological polar surface area (TPSA) is 81.8 Å². The van der Waals surface area contributed by atoms with Crippen molar-refractivity contribution in [3.05, 3.63) is 18.2 Å². The molecule has 0 saturated carbocycles. The van der Waals surface area contributed by atoms with Gasteiger partial charge in [0.15, 0.2) is 0 Å². The average Bonchev–Trinajstić information content (AvgIpc) is 2.30. The second-order valence-electron chi connectivity index (χ2n) is 3.31. The Morgan fingerprint density at radius 3 is 2.76 bits per heavy atom. The van der Waals surface area contributed by atoms with Crippen LogP contribution in [0.4, 0.5) is 5.69 Å². The largest absolute Gasteiger partial charge is 0.496 e. The lowest BCUT2D eigenvalue weighted by Gasteiger charge is -2.13. The predicted molar refractivity (Wildman–Crippen MR) is 66.6 cm³/mol. The molecule has 0 fully saturated rings. The number of carbonyl (C=O) groups is 1. The van der Waals surface area contributed by atoms with Crippen molar-refractivity contribution in [3.8, 4) is 5.75 Å². The van der Waals surface area contributed by atoms with E-state index in [1.165, 1.54) is 26.0 Å². The first kappa shape index (κ1) is 13.7. The van der Waals surface area contributed by atoms with E-state index in [1.54, 1.807) is 18.2 Å². The molecule has 1 rings (SSSR count). The molecular weight excluding hydrogens is 242 g/mol. The van der Waals surface area contributed by atoms with Crippen LogP contribution in [0.3, 0.4) is 0 Å². The van der Waals surface area contributed by atoms with Crippen LogP contribution in [0.1, 0.15) is 0 Å². The van der Waals surface area contributed by atoms with Gasteiger partial charge >= 0.3 is 5.97 Å². The van der Waals surface area contributed by atoms with E-state index in [1.807, 2.05) is 0 Å². The van der Waals surface area contributed by atoms with Crippen LogP contribution in [0.15, 0.2) is 23.1 Å². The molecule has 17 heavy (non-hydrogen) atoms. The Morgan fingerprint density at radius 1 is 1.53 bits per heavy atom. The Balaban J connectivity index is 2.88. The van der Waals surface area contributed by atoms with E-state index in [0.717, 1.165) is 4.90 Å². The highest BCUT2D eigenvalue weighted by Crippen LogP contribution is 2.33. The van der Waals surface area contributed by atoms with Crippen molar-refractivity contribution in [1.82, 2.24) is 0 Å². The maximum atomic E-state index is 11.0. The van der Waals surface area contributed by atoms with Crippen molar-refractivity contribution < 1.29 is 19.4 Å². The zero-order valence-electron chi connectivity index (χ0n) is 9.67. The molecule has 0 spiro atoms. The standard InChI is InChI=1S/C11H15NO4S/c1-15-6-10(11(13)14)17-9-4-3-7(12)5-8(9)16-2/h3-5,10H,6,12H2,1-2H3,(H,13,14). The molecule has 5 nitrogen and oxygen atoms in total. The molecule has 1 aromatic carbocycles. The number of methoxy groups -OCH3 is 2. The number of benzene rings is 1. The second kappa shape index (κ2) is 6.36. The minimum Gasteiger partial charge on any atom is -0.496 e. The minimum atomic E-state index is -0.921. The van der Waals surface area contributed by atoms with Crippen molar-refractivity contribution in [3.63, 3.8) is 0 Å². The van der Waals surface area contributed by atoms with E-state index in [2.05, 4.69) is 0 Å². The van der Waals surface area contributed by atoms with Gasteiger partial charge in [-0.2, -0.15) is 0 Å². The molecule has 0 heterocycles. The number of anilines is 1. The molecule has 0 aromatic heterocycles.